The Balaban J connectivity index is 1.94. The second-order valence-electron chi connectivity index (χ2n) is 5.50. The van der Waals surface area contributed by atoms with E-state index in [0.29, 0.717) is 5.92 Å². The number of nitrogens with zero attached hydrogens (tertiary/aromatic N) is 2. The number of likely N-dealkylation sites (tertiary alicyclic amines) is 1. The molecule has 1 fully saturated rings. The molecular weight excluding hydrogens is 288 g/mol. The largest absolute Gasteiger partial charge is 0.308 e. The summed E-state index contributed by atoms with van der Waals surface area (Å²) in [6.07, 6.45) is 2.65. The Morgan fingerprint density at radius 2 is 2.22 bits per heavy atom. The van der Waals surface area contributed by atoms with Crippen LogP contribution in [0.4, 0.5) is 0 Å². The molecule has 0 spiro atoms. The first-order chi connectivity index (χ1) is 8.65. The highest BCUT2D eigenvalue weighted by Gasteiger charge is 2.21. The van der Waals surface area contributed by atoms with Crippen molar-refractivity contribution in [3.63, 3.8) is 0 Å². The minimum absolute atomic E-state index is 0.707. The molecule has 0 bridgehead atoms. The first-order valence-electron chi connectivity index (χ1n) is 6.77. The van der Waals surface area contributed by atoms with Gasteiger partial charge in [0.2, 0.25) is 0 Å². The van der Waals surface area contributed by atoms with Crippen LogP contribution in [-0.4, -0.2) is 50.1 Å². The SMILES string of the molecule is CN(C)CCN1CCCC(c2cccc(Br)c2)C1. The van der Waals surface area contributed by atoms with Gasteiger partial charge in [-0.05, 0) is 57.1 Å². The highest BCUT2D eigenvalue weighted by Crippen LogP contribution is 2.28. The van der Waals surface area contributed by atoms with Gasteiger partial charge in [-0.25, -0.2) is 0 Å². The summed E-state index contributed by atoms with van der Waals surface area (Å²) >= 11 is 3.57. The van der Waals surface area contributed by atoms with Gasteiger partial charge in [-0.3, -0.25) is 0 Å². The molecule has 1 aromatic carbocycles. The van der Waals surface area contributed by atoms with Crippen LogP contribution >= 0.6 is 15.9 Å². The Hall–Kier alpha value is -0.380. The lowest BCUT2D eigenvalue weighted by atomic mass is 9.91. The summed E-state index contributed by atoms with van der Waals surface area (Å²) in [7, 11) is 4.30. The molecule has 1 aliphatic heterocycles. The molecule has 3 heteroatoms. The molecule has 2 nitrogen and oxygen atoms in total. The van der Waals surface area contributed by atoms with Crippen LogP contribution in [0.5, 0.6) is 0 Å². The smallest absolute Gasteiger partial charge is 0.0178 e. The van der Waals surface area contributed by atoms with E-state index >= 15 is 0 Å². The quantitative estimate of drug-likeness (QED) is 0.842. The number of hydrogen-bond donors (Lipinski definition) is 0. The topological polar surface area (TPSA) is 6.48 Å². The molecule has 2 rings (SSSR count). The lowest BCUT2D eigenvalue weighted by Gasteiger charge is -2.33. The van der Waals surface area contributed by atoms with E-state index in [2.05, 4.69) is 64.1 Å². The maximum Gasteiger partial charge on any atom is 0.0178 e. The van der Waals surface area contributed by atoms with E-state index in [4.69, 9.17) is 0 Å². The van der Waals surface area contributed by atoms with Crippen LogP contribution in [0.1, 0.15) is 24.3 Å². The summed E-state index contributed by atoms with van der Waals surface area (Å²) in [5, 5.41) is 0. The predicted octanol–water partition coefficient (Wildman–Crippen LogP) is 3.19. The Morgan fingerprint density at radius 1 is 1.39 bits per heavy atom. The number of hydrogen-bond acceptors (Lipinski definition) is 2. The molecule has 18 heavy (non-hydrogen) atoms. The van der Waals surface area contributed by atoms with E-state index in [0.717, 1.165) is 6.54 Å². The van der Waals surface area contributed by atoms with Crippen molar-refractivity contribution >= 4 is 15.9 Å². The summed E-state index contributed by atoms with van der Waals surface area (Å²) in [5.74, 6) is 0.707. The molecule has 0 amide bonds. The molecule has 1 atom stereocenters. The van der Waals surface area contributed by atoms with Crippen molar-refractivity contribution in [2.24, 2.45) is 0 Å². The standard InChI is InChI=1S/C15H23BrN2/c1-17(2)9-10-18-8-4-6-14(12-18)13-5-3-7-15(16)11-13/h3,5,7,11,14H,4,6,8-10,12H2,1-2H3. The highest BCUT2D eigenvalue weighted by atomic mass is 79.9. The number of benzene rings is 1. The van der Waals surface area contributed by atoms with Gasteiger partial charge in [0, 0.05) is 24.1 Å². The highest BCUT2D eigenvalue weighted by molar-refractivity contribution is 9.10. The molecular formula is C15H23BrN2. The molecule has 1 heterocycles. The van der Waals surface area contributed by atoms with Gasteiger partial charge in [-0.2, -0.15) is 0 Å². The van der Waals surface area contributed by atoms with Crippen LogP contribution in [-0.2, 0) is 0 Å². The summed E-state index contributed by atoms with van der Waals surface area (Å²) in [6.45, 7) is 4.82. The first-order valence-corrected chi connectivity index (χ1v) is 7.57. The van der Waals surface area contributed by atoms with Gasteiger partial charge in [0.05, 0.1) is 0 Å². The van der Waals surface area contributed by atoms with Gasteiger partial charge in [0.1, 0.15) is 0 Å². The molecule has 0 N–H and O–H groups in total. The Labute approximate surface area is 119 Å². The van der Waals surface area contributed by atoms with Crippen LogP contribution in [0.3, 0.4) is 0 Å². The Morgan fingerprint density at radius 3 is 2.94 bits per heavy atom. The molecule has 1 saturated heterocycles. The van der Waals surface area contributed by atoms with Crippen molar-refractivity contribution in [3.05, 3.63) is 34.3 Å². The maximum absolute atomic E-state index is 3.57. The normalized spacial score (nSPS) is 21.4. The number of piperidine rings is 1. The number of halogens is 1. The number of rotatable bonds is 4. The molecule has 1 aromatic rings. The Kier molecular flexibility index (Phi) is 5.22. The van der Waals surface area contributed by atoms with E-state index in [1.807, 2.05) is 0 Å². The summed E-state index contributed by atoms with van der Waals surface area (Å²) in [4.78, 5) is 4.87. The van der Waals surface area contributed by atoms with Crippen LogP contribution < -0.4 is 0 Å². The fourth-order valence-electron chi connectivity index (χ4n) is 2.63. The van der Waals surface area contributed by atoms with Gasteiger partial charge in [-0.15, -0.1) is 0 Å². The predicted molar refractivity (Wildman–Crippen MR) is 81.1 cm³/mol. The fraction of sp³-hybridized carbons (Fsp3) is 0.600. The van der Waals surface area contributed by atoms with E-state index in [-0.39, 0.29) is 0 Å². The Bertz CT molecular complexity index is 379. The van der Waals surface area contributed by atoms with Crippen molar-refractivity contribution in [1.29, 1.82) is 0 Å². The molecule has 1 unspecified atom stereocenters. The second-order valence-corrected chi connectivity index (χ2v) is 6.41. The van der Waals surface area contributed by atoms with E-state index in [1.54, 1.807) is 0 Å². The van der Waals surface area contributed by atoms with Gasteiger partial charge in [0.15, 0.2) is 0 Å². The van der Waals surface area contributed by atoms with Crippen molar-refractivity contribution in [2.75, 3.05) is 40.3 Å². The van der Waals surface area contributed by atoms with Crippen molar-refractivity contribution < 1.29 is 0 Å². The fourth-order valence-corrected chi connectivity index (χ4v) is 3.05. The molecule has 0 saturated carbocycles. The number of likely N-dealkylation sites (N-methyl/N-ethyl adjacent to an activating group) is 1. The third kappa shape index (κ3) is 4.08. The van der Waals surface area contributed by atoms with Gasteiger partial charge >= 0.3 is 0 Å². The third-order valence-corrected chi connectivity index (χ3v) is 4.18. The molecule has 0 aromatic heterocycles. The van der Waals surface area contributed by atoms with Crippen LogP contribution in [0.2, 0.25) is 0 Å². The minimum atomic E-state index is 0.707. The van der Waals surface area contributed by atoms with Crippen LogP contribution in [0, 0.1) is 0 Å². The zero-order valence-corrected chi connectivity index (χ0v) is 13.0. The van der Waals surface area contributed by atoms with E-state index in [9.17, 15) is 0 Å². The lowest BCUT2D eigenvalue weighted by Crippen LogP contribution is -2.38. The summed E-state index contributed by atoms with van der Waals surface area (Å²) in [5.41, 5.74) is 1.49. The average molecular weight is 311 g/mol. The summed E-state index contributed by atoms with van der Waals surface area (Å²) in [6, 6.07) is 8.80. The molecule has 100 valence electrons. The van der Waals surface area contributed by atoms with Crippen LogP contribution in [0.15, 0.2) is 28.7 Å². The minimum Gasteiger partial charge on any atom is -0.308 e. The van der Waals surface area contributed by atoms with Crippen molar-refractivity contribution in [2.45, 2.75) is 18.8 Å². The molecule has 0 radical (unpaired) electrons. The maximum atomic E-state index is 3.57. The van der Waals surface area contributed by atoms with Gasteiger partial charge in [0.25, 0.3) is 0 Å². The summed E-state index contributed by atoms with van der Waals surface area (Å²) < 4.78 is 1.20. The molecule has 1 aliphatic rings. The van der Waals surface area contributed by atoms with Gasteiger partial charge < -0.3 is 9.80 Å². The van der Waals surface area contributed by atoms with Crippen LogP contribution in [0.25, 0.3) is 0 Å². The zero-order valence-electron chi connectivity index (χ0n) is 11.4. The average Bonchev–Trinajstić information content (AvgIpc) is 2.37. The first kappa shape index (κ1) is 14.0. The lowest BCUT2D eigenvalue weighted by molar-refractivity contribution is 0.190. The van der Waals surface area contributed by atoms with Gasteiger partial charge in [-0.1, -0.05) is 28.1 Å². The van der Waals surface area contributed by atoms with Crippen molar-refractivity contribution in [1.82, 2.24) is 9.80 Å². The zero-order chi connectivity index (χ0) is 13.0. The van der Waals surface area contributed by atoms with Crippen molar-refractivity contribution in [3.8, 4) is 0 Å². The van der Waals surface area contributed by atoms with E-state index < -0.39 is 0 Å². The molecule has 0 aliphatic carbocycles. The van der Waals surface area contributed by atoms with E-state index in [1.165, 1.54) is 42.5 Å². The second kappa shape index (κ2) is 6.69. The third-order valence-electron chi connectivity index (χ3n) is 3.69. The monoisotopic (exact) mass is 310 g/mol.